The molecule has 0 aliphatic carbocycles. The number of piperidine rings is 1. The van der Waals surface area contributed by atoms with Crippen molar-refractivity contribution in [3.05, 3.63) is 95.3 Å². The van der Waals surface area contributed by atoms with Crippen molar-refractivity contribution >= 4 is 51.6 Å². The molecule has 3 N–H and O–H groups in total. The molecule has 3 aromatic carbocycles. The maximum atomic E-state index is 13.1. The average molecular weight is 710 g/mol. The van der Waals surface area contributed by atoms with Gasteiger partial charge in [0.2, 0.25) is 23.6 Å². The van der Waals surface area contributed by atoms with E-state index in [-0.39, 0.29) is 24.1 Å². The molecule has 5 aromatic rings. The van der Waals surface area contributed by atoms with E-state index >= 15 is 0 Å². The van der Waals surface area contributed by atoms with E-state index in [4.69, 9.17) is 9.72 Å². The zero-order valence-electron chi connectivity index (χ0n) is 29.4. The predicted octanol–water partition coefficient (Wildman–Crippen LogP) is 4.63. The van der Waals surface area contributed by atoms with Crippen LogP contribution in [0.1, 0.15) is 39.9 Å². The first-order valence-corrected chi connectivity index (χ1v) is 18.1. The van der Waals surface area contributed by atoms with Gasteiger partial charge >= 0.3 is 0 Å². The van der Waals surface area contributed by atoms with E-state index in [9.17, 15) is 14.4 Å². The summed E-state index contributed by atoms with van der Waals surface area (Å²) in [5.41, 5.74) is 9.77. The Hall–Kier alpha value is -6.08. The molecular formula is C40H39N9O4. The van der Waals surface area contributed by atoms with Gasteiger partial charge < -0.3 is 25.2 Å². The summed E-state index contributed by atoms with van der Waals surface area (Å²) < 4.78 is 5.71. The van der Waals surface area contributed by atoms with Gasteiger partial charge in [0, 0.05) is 92.5 Å². The second-order valence-corrected chi connectivity index (χ2v) is 14.0. The van der Waals surface area contributed by atoms with Gasteiger partial charge in [-0.25, -0.2) is 15.0 Å². The molecule has 0 bridgehead atoms. The summed E-state index contributed by atoms with van der Waals surface area (Å²) in [5.74, 6) is 0.374. The van der Waals surface area contributed by atoms with Crippen LogP contribution in [0.2, 0.25) is 0 Å². The largest absolute Gasteiger partial charge is 0.474 e. The Bertz CT molecular complexity index is 2270. The van der Waals surface area contributed by atoms with Crippen molar-refractivity contribution in [1.29, 1.82) is 0 Å². The van der Waals surface area contributed by atoms with E-state index in [1.54, 1.807) is 4.90 Å². The number of piperazine rings is 1. The van der Waals surface area contributed by atoms with E-state index in [1.807, 2.05) is 30.6 Å². The number of pyridine rings is 1. The third-order valence-corrected chi connectivity index (χ3v) is 10.7. The first-order valence-electron chi connectivity index (χ1n) is 18.1. The SMILES string of the molecule is Cc1c(-c2ccc3cnc(Nc4ccc(CN5CCN(c6ccc7c(c6)CN(C6CCC(=O)NC6=O)C7=O)CC5)cc4)nc3c2)cnc2c1NCCO2. The van der Waals surface area contributed by atoms with Crippen molar-refractivity contribution in [3.8, 4) is 17.0 Å². The van der Waals surface area contributed by atoms with E-state index < -0.39 is 6.04 Å². The van der Waals surface area contributed by atoms with E-state index in [1.165, 1.54) is 5.56 Å². The Morgan fingerprint density at radius 1 is 0.925 bits per heavy atom. The lowest BCUT2D eigenvalue weighted by molar-refractivity contribution is -0.136. The molecule has 2 fully saturated rings. The minimum atomic E-state index is -0.604. The predicted molar refractivity (Wildman–Crippen MR) is 201 cm³/mol. The number of ether oxygens (including phenoxy) is 1. The van der Waals surface area contributed by atoms with Gasteiger partial charge in [-0.15, -0.1) is 0 Å². The lowest BCUT2D eigenvalue weighted by Gasteiger charge is -2.36. The second kappa shape index (κ2) is 13.5. The Kier molecular flexibility index (Phi) is 8.34. The molecule has 53 heavy (non-hydrogen) atoms. The number of carbonyl (C=O) groups is 3. The van der Waals surface area contributed by atoms with Crippen molar-refractivity contribution in [3.63, 3.8) is 0 Å². The first-order chi connectivity index (χ1) is 25.9. The van der Waals surface area contributed by atoms with Crippen LogP contribution in [-0.4, -0.2) is 87.8 Å². The molecule has 0 spiro atoms. The standard InChI is InChI=1S/C40H39N9O4/c1-24-32(21-42-38-36(24)41-12-17-53-38)26-4-5-27-20-43-40(45-33(27)19-26)44-29-6-2-25(3-7-29)22-47-13-15-48(16-14-47)30-8-9-31-28(18-30)23-49(39(31)52)34-10-11-35(50)46-37(34)51/h2-9,18-21,34,41H,10-17,22-23H2,1H3,(H,43,44,45)(H,46,50,51). The molecule has 1 unspecified atom stereocenters. The molecule has 3 amide bonds. The second-order valence-electron chi connectivity index (χ2n) is 14.0. The highest BCUT2D eigenvalue weighted by Crippen LogP contribution is 2.36. The van der Waals surface area contributed by atoms with Crippen LogP contribution < -0.4 is 25.6 Å². The number of nitrogens with zero attached hydrogens (tertiary/aromatic N) is 6. The minimum absolute atomic E-state index is 0.144. The zero-order valence-corrected chi connectivity index (χ0v) is 29.4. The maximum absolute atomic E-state index is 13.1. The van der Waals surface area contributed by atoms with Crippen LogP contribution in [0.5, 0.6) is 5.88 Å². The van der Waals surface area contributed by atoms with Gasteiger partial charge in [-0.1, -0.05) is 24.3 Å². The van der Waals surface area contributed by atoms with Gasteiger partial charge in [0.25, 0.3) is 5.91 Å². The highest BCUT2D eigenvalue weighted by Gasteiger charge is 2.39. The Labute approximate surface area is 306 Å². The summed E-state index contributed by atoms with van der Waals surface area (Å²) in [6.07, 6.45) is 4.32. The van der Waals surface area contributed by atoms with Crippen LogP contribution in [0, 0.1) is 6.92 Å². The monoisotopic (exact) mass is 709 g/mol. The van der Waals surface area contributed by atoms with Crippen LogP contribution in [0.15, 0.2) is 73.1 Å². The highest BCUT2D eigenvalue weighted by molar-refractivity contribution is 6.05. The van der Waals surface area contributed by atoms with Crippen LogP contribution in [0.3, 0.4) is 0 Å². The van der Waals surface area contributed by atoms with Gasteiger partial charge in [0.15, 0.2) is 0 Å². The topological polar surface area (TPSA) is 145 Å². The number of hydrogen-bond donors (Lipinski definition) is 3. The Morgan fingerprint density at radius 3 is 2.60 bits per heavy atom. The van der Waals surface area contributed by atoms with Crippen LogP contribution in [-0.2, 0) is 22.7 Å². The van der Waals surface area contributed by atoms with Crippen LogP contribution >= 0.6 is 0 Å². The molecule has 2 saturated heterocycles. The van der Waals surface area contributed by atoms with Gasteiger partial charge in [0.1, 0.15) is 18.3 Å². The smallest absolute Gasteiger partial charge is 0.255 e. The van der Waals surface area contributed by atoms with E-state index in [2.05, 4.69) is 85.1 Å². The summed E-state index contributed by atoms with van der Waals surface area (Å²) >= 11 is 0. The van der Waals surface area contributed by atoms with Crippen molar-refractivity contribution in [2.75, 3.05) is 54.9 Å². The number of aromatic nitrogens is 3. The molecule has 2 aromatic heterocycles. The maximum Gasteiger partial charge on any atom is 0.255 e. The van der Waals surface area contributed by atoms with Crippen molar-refractivity contribution in [2.24, 2.45) is 0 Å². The quantitative estimate of drug-likeness (QED) is 0.204. The Morgan fingerprint density at radius 2 is 1.77 bits per heavy atom. The van der Waals surface area contributed by atoms with Gasteiger partial charge in [-0.05, 0) is 72.0 Å². The fourth-order valence-corrected chi connectivity index (χ4v) is 7.77. The van der Waals surface area contributed by atoms with E-state index in [0.29, 0.717) is 37.0 Å². The number of hydrogen-bond acceptors (Lipinski definition) is 11. The molecule has 9 rings (SSSR count). The molecule has 6 heterocycles. The number of anilines is 4. The number of benzene rings is 3. The average Bonchev–Trinajstić information content (AvgIpc) is 3.50. The summed E-state index contributed by atoms with van der Waals surface area (Å²) in [6.45, 7) is 8.26. The number of nitrogens with one attached hydrogen (secondary N) is 3. The summed E-state index contributed by atoms with van der Waals surface area (Å²) in [6, 6.07) is 20.0. The third-order valence-electron chi connectivity index (χ3n) is 10.7. The highest BCUT2D eigenvalue weighted by atomic mass is 16.5. The number of fused-ring (bicyclic) bond motifs is 3. The summed E-state index contributed by atoms with van der Waals surface area (Å²) in [4.78, 5) is 57.5. The lowest BCUT2D eigenvalue weighted by Crippen LogP contribution is -2.52. The number of rotatable bonds is 7. The number of carbonyl (C=O) groups excluding carboxylic acids is 3. The minimum Gasteiger partial charge on any atom is -0.474 e. The molecule has 4 aliphatic heterocycles. The molecular weight excluding hydrogens is 670 g/mol. The summed E-state index contributed by atoms with van der Waals surface area (Å²) in [5, 5.41) is 10.1. The zero-order chi connectivity index (χ0) is 36.1. The molecule has 13 nitrogen and oxygen atoms in total. The molecule has 1 atom stereocenters. The number of imide groups is 1. The van der Waals surface area contributed by atoms with Crippen molar-refractivity contribution in [1.82, 2.24) is 30.1 Å². The van der Waals surface area contributed by atoms with Gasteiger partial charge in [0.05, 0.1) is 5.52 Å². The number of amides is 3. The van der Waals surface area contributed by atoms with Gasteiger partial charge in [-0.3, -0.25) is 24.6 Å². The van der Waals surface area contributed by atoms with Crippen LogP contribution in [0.4, 0.5) is 23.0 Å². The van der Waals surface area contributed by atoms with Gasteiger partial charge in [-0.2, -0.15) is 0 Å². The Balaban J connectivity index is 0.805. The van der Waals surface area contributed by atoms with E-state index in [0.717, 1.165) is 89.5 Å². The lowest BCUT2D eigenvalue weighted by atomic mass is 10.00. The molecule has 0 saturated carbocycles. The normalized spacial score (nSPS) is 18.7. The molecule has 4 aliphatic rings. The fraction of sp³-hybridized carbons (Fsp3) is 0.300. The third kappa shape index (κ3) is 6.37. The molecule has 13 heteroatoms. The molecule has 0 radical (unpaired) electrons. The molecule has 268 valence electrons. The van der Waals surface area contributed by atoms with Crippen LogP contribution in [0.25, 0.3) is 22.0 Å². The summed E-state index contributed by atoms with van der Waals surface area (Å²) in [7, 11) is 0. The van der Waals surface area contributed by atoms with Crippen molar-refractivity contribution < 1.29 is 19.1 Å². The fourth-order valence-electron chi connectivity index (χ4n) is 7.77. The van der Waals surface area contributed by atoms with Crippen molar-refractivity contribution in [2.45, 2.75) is 38.9 Å². The first kappa shape index (κ1) is 32.8.